The Bertz CT molecular complexity index is 370. The fraction of sp³-hybridized carbons (Fsp3) is 0.667. The average Bonchev–Trinajstić information content (AvgIpc) is 2.37. The number of rotatable bonds is 8. The van der Waals surface area contributed by atoms with E-state index in [1.807, 2.05) is 6.92 Å². The second-order valence-electron chi connectivity index (χ2n) is 6.71. The molecule has 0 aliphatic heterocycles. The third kappa shape index (κ3) is 6.06. The Morgan fingerprint density at radius 3 is 2.05 bits per heavy atom. The molecule has 2 unspecified atom stereocenters. The number of nitrogens with one attached hydrogen (secondary N) is 1. The molecule has 0 heterocycles. The fourth-order valence-electron chi connectivity index (χ4n) is 2.32. The summed E-state index contributed by atoms with van der Waals surface area (Å²) in [6, 6.07) is 8.48. The van der Waals surface area contributed by atoms with Gasteiger partial charge in [-0.2, -0.15) is 0 Å². The molecule has 20 heavy (non-hydrogen) atoms. The normalized spacial score (nSPS) is 14.8. The van der Waals surface area contributed by atoms with E-state index in [0.717, 1.165) is 24.9 Å². The SMILES string of the molecule is CC(C)CCNC(C)C(O)c1ccc(CC(C)C)cc1. The molecule has 0 bridgehead atoms. The molecule has 0 aliphatic carbocycles. The van der Waals surface area contributed by atoms with E-state index in [1.165, 1.54) is 5.56 Å². The lowest BCUT2D eigenvalue weighted by molar-refractivity contribution is 0.135. The van der Waals surface area contributed by atoms with Gasteiger partial charge in [0.15, 0.2) is 0 Å². The molecule has 0 amide bonds. The molecule has 0 saturated heterocycles. The zero-order chi connectivity index (χ0) is 15.1. The maximum atomic E-state index is 10.4. The van der Waals surface area contributed by atoms with Crippen LogP contribution in [0.2, 0.25) is 0 Å². The third-order valence-corrected chi connectivity index (χ3v) is 3.63. The summed E-state index contributed by atoms with van der Waals surface area (Å²) in [4.78, 5) is 0. The highest BCUT2D eigenvalue weighted by Crippen LogP contribution is 2.18. The van der Waals surface area contributed by atoms with Crippen LogP contribution in [0, 0.1) is 11.8 Å². The summed E-state index contributed by atoms with van der Waals surface area (Å²) in [6.07, 6.45) is 1.80. The van der Waals surface area contributed by atoms with E-state index in [0.29, 0.717) is 11.8 Å². The lowest BCUT2D eigenvalue weighted by Crippen LogP contribution is -2.33. The second-order valence-corrected chi connectivity index (χ2v) is 6.71. The highest BCUT2D eigenvalue weighted by atomic mass is 16.3. The van der Waals surface area contributed by atoms with E-state index in [9.17, 15) is 5.11 Å². The molecule has 0 radical (unpaired) electrons. The largest absolute Gasteiger partial charge is 0.387 e. The zero-order valence-corrected chi connectivity index (χ0v) is 13.7. The smallest absolute Gasteiger partial charge is 0.0940 e. The van der Waals surface area contributed by atoms with Crippen LogP contribution in [0.15, 0.2) is 24.3 Å². The maximum absolute atomic E-state index is 10.4. The molecule has 114 valence electrons. The van der Waals surface area contributed by atoms with Crippen molar-refractivity contribution in [2.75, 3.05) is 6.54 Å². The van der Waals surface area contributed by atoms with Gasteiger partial charge in [0.05, 0.1) is 6.10 Å². The Labute approximate surface area is 124 Å². The molecule has 0 fully saturated rings. The van der Waals surface area contributed by atoms with E-state index in [-0.39, 0.29) is 6.04 Å². The summed E-state index contributed by atoms with van der Waals surface area (Å²) in [5.41, 5.74) is 2.35. The maximum Gasteiger partial charge on any atom is 0.0940 e. The first kappa shape index (κ1) is 17.2. The molecule has 2 nitrogen and oxygen atoms in total. The molecule has 1 rings (SSSR count). The van der Waals surface area contributed by atoms with E-state index in [4.69, 9.17) is 0 Å². The van der Waals surface area contributed by atoms with Crippen molar-refractivity contribution >= 4 is 0 Å². The summed E-state index contributed by atoms with van der Waals surface area (Å²) >= 11 is 0. The van der Waals surface area contributed by atoms with Crippen LogP contribution in [0.3, 0.4) is 0 Å². The first-order valence-corrected chi connectivity index (χ1v) is 7.90. The number of hydrogen-bond acceptors (Lipinski definition) is 2. The van der Waals surface area contributed by atoms with Crippen LogP contribution in [0.4, 0.5) is 0 Å². The van der Waals surface area contributed by atoms with Gasteiger partial charge in [-0.15, -0.1) is 0 Å². The topological polar surface area (TPSA) is 32.3 Å². The summed E-state index contributed by atoms with van der Waals surface area (Å²) in [7, 11) is 0. The first-order valence-electron chi connectivity index (χ1n) is 7.90. The lowest BCUT2D eigenvalue weighted by Gasteiger charge is -2.21. The molecule has 2 heteroatoms. The highest BCUT2D eigenvalue weighted by Gasteiger charge is 2.15. The van der Waals surface area contributed by atoms with Crippen molar-refractivity contribution in [1.29, 1.82) is 0 Å². The van der Waals surface area contributed by atoms with Crippen LogP contribution in [-0.4, -0.2) is 17.7 Å². The van der Waals surface area contributed by atoms with Crippen molar-refractivity contribution in [3.05, 3.63) is 35.4 Å². The van der Waals surface area contributed by atoms with Gasteiger partial charge in [0.2, 0.25) is 0 Å². The molecular weight excluding hydrogens is 246 g/mol. The van der Waals surface area contributed by atoms with Crippen LogP contribution in [0.5, 0.6) is 0 Å². The Kier molecular flexibility index (Phi) is 7.25. The highest BCUT2D eigenvalue weighted by molar-refractivity contribution is 5.25. The molecule has 2 atom stereocenters. The molecule has 0 aliphatic rings. The summed E-state index contributed by atoms with van der Waals surface area (Å²) < 4.78 is 0. The van der Waals surface area contributed by atoms with Gasteiger partial charge in [0, 0.05) is 6.04 Å². The quantitative estimate of drug-likeness (QED) is 0.754. The van der Waals surface area contributed by atoms with Crippen LogP contribution < -0.4 is 5.32 Å². The third-order valence-electron chi connectivity index (χ3n) is 3.63. The zero-order valence-electron chi connectivity index (χ0n) is 13.7. The van der Waals surface area contributed by atoms with Crippen LogP contribution >= 0.6 is 0 Å². The monoisotopic (exact) mass is 277 g/mol. The molecule has 0 saturated carbocycles. The standard InChI is InChI=1S/C18H31NO/c1-13(2)10-11-19-15(5)18(20)17-8-6-16(7-9-17)12-14(3)4/h6-9,13-15,18-20H,10-12H2,1-5H3. The van der Waals surface area contributed by atoms with Crippen molar-refractivity contribution in [1.82, 2.24) is 5.32 Å². The summed E-state index contributed by atoms with van der Waals surface area (Å²) in [5, 5.41) is 13.8. The molecule has 0 aromatic heterocycles. The van der Waals surface area contributed by atoms with Gasteiger partial charge in [0.25, 0.3) is 0 Å². The lowest BCUT2D eigenvalue weighted by atomic mass is 9.98. The van der Waals surface area contributed by atoms with Gasteiger partial charge in [0.1, 0.15) is 0 Å². The first-order chi connectivity index (χ1) is 9.40. The van der Waals surface area contributed by atoms with Crippen LogP contribution in [0.1, 0.15) is 58.3 Å². The molecule has 0 spiro atoms. The van der Waals surface area contributed by atoms with Crippen molar-refractivity contribution in [2.24, 2.45) is 11.8 Å². The molecule has 1 aromatic carbocycles. The number of benzene rings is 1. The van der Waals surface area contributed by atoms with Crippen molar-refractivity contribution in [3.63, 3.8) is 0 Å². The van der Waals surface area contributed by atoms with Gasteiger partial charge in [-0.3, -0.25) is 0 Å². The summed E-state index contributed by atoms with van der Waals surface area (Å²) in [6.45, 7) is 11.9. The number of aliphatic hydroxyl groups is 1. The fourth-order valence-corrected chi connectivity index (χ4v) is 2.32. The second kappa shape index (κ2) is 8.43. The Morgan fingerprint density at radius 2 is 1.55 bits per heavy atom. The molecular formula is C18H31NO. The van der Waals surface area contributed by atoms with Gasteiger partial charge >= 0.3 is 0 Å². The Hall–Kier alpha value is -0.860. The van der Waals surface area contributed by atoms with Crippen LogP contribution in [0.25, 0.3) is 0 Å². The van der Waals surface area contributed by atoms with Gasteiger partial charge in [-0.25, -0.2) is 0 Å². The number of aliphatic hydroxyl groups excluding tert-OH is 1. The molecule has 2 N–H and O–H groups in total. The van der Waals surface area contributed by atoms with Gasteiger partial charge < -0.3 is 10.4 Å². The predicted molar refractivity (Wildman–Crippen MR) is 86.9 cm³/mol. The van der Waals surface area contributed by atoms with E-state index >= 15 is 0 Å². The van der Waals surface area contributed by atoms with Gasteiger partial charge in [-0.05, 0) is 49.3 Å². The van der Waals surface area contributed by atoms with Crippen molar-refractivity contribution in [2.45, 2.75) is 59.6 Å². The van der Waals surface area contributed by atoms with Gasteiger partial charge in [-0.1, -0.05) is 52.0 Å². The van der Waals surface area contributed by atoms with Crippen molar-refractivity contribution in [3.8, 4) is 0 Å². The van der Waals surface area contributed by atoms with Crippen molar-refractivity contribution < 1.29 is 5.11 Å². The summed E-state index contributed by atoms with van der Waals surface area (Å²) in [5.74, 6) is 1.37. The number of hydrogen-bond donors (Lipinski definition) is 2. The Balaban J connectivity index is 2.51. The minimum Gasteiger partial charge on any atom is -0.387 e. The average molecular weight is 277 g/mol. The van der Waals surface area contributed by atoms with E-state index in [2.05, 4.69) is 57.3 Å². The van der Waals surface area contributed by atoms with E-state index < -0.39 is 6.10 Å². The van der Waals surface area contributed by atoms with E-state index in [1.54, 1.807) is 0 Å². The predicted octanol–water partition coefficient (Wildman–Crippen LogP) is 3.94. The Morgan fingerprint density at radius 1 is 0.950 bits per heavy atom. The van der Waals surface area contributed by atoms with Crippen LogP contribution in [-0.2, 0) is 6.42 Å². The minimum absolute atomic E-state index is 0.0877. The minimum atomic E-state index is -0.435. The molecule has 1 aromatic rings.